The minimum absolute atomic E-state index is 0.430. The van der Waals surface area contributed by atoms with E-state index in [0.717, 1.165) is 16.3 Å². The summed E-state index contributed by atoms with van der Waals surface area (Å²) in [5.74, 6) is 0.661. The van der Waals surface area contributed by atoms with Crippen molar-refractivity contribution in [1.82, 2.24) is 9.78 Å². The van der Waals surface area contributed by atoms with Gasteiger partial charge in [0, 0.05) is 17.3 Å². The summed E-state index contributed by atoms with van der Waals surface area (Å²) < 4.78 is 1.82. The van der Waals surface area contributed by atoms with Crippen LogP contribution in [0.5, 0.6) is 0 Å². The fraction of sp³-hybridized carbons (Fsp3) is 0.0588. The van der Waals surface area contributed by atoms with Crippen molar-refractivity contribution in [2.45, 2.75) is 6.54 Å². The number of hydrogen-bond donors (Lipinski definition) is 2. The SMILES string of the molecule is S=C(Nc1ccn(Cc2ccc(Cl)cc2)n1)Nc1ccccc1Cl. The average Bonchev–Trinajstić information content (AvgIpc) is 2.99. The predicted octanol–water partition coefficient (Wildman–Crippen LogP) is 5.05. The summed E-state index contributed by atoms with van der Waals surface area (Å²) >= 11 is 17.3. The average molecular weight is 377 g/mol. The van der Waals surface area contributed by atoms with Gasteiger partial charge in [0.25, 0.3) is 0 Å². The third kappa shape index (κ3) is 4.47. The zero-order valence-corrected chi connectivity index (χ0v) is 14.9. The number of thiocarbonyl (C=S) groups is 1. The number of benzene rings is 2. The molecule has 2 N–H and O–H groups in total. The highest BCUT2D eigenvalue weighted by molar-refractivity contribution is 7.80. The first kappa shape index (κ1) is 16.8. The van der Waals surface area contributed by atoms with Gasteiger partial charge in [0.05, 0.1) is 17.3 Å². The van der Waals surface area contributed by atoms with E-state index in [1.54, 1.807) is 6.07 Å². The van der Waals surface area contributed by atoms with Crippen molar-refractivity contribution in [3.05, 3.63) is 76.4 Å². The normalized spacial score (nSPS) is 10.4. The summed E-state index contributed by atoms with van der Waals surface area (Å²) in [6.45, 7) is 0.656. The number of nitrogens with zero attached hydrogens (tertiary/aromatic N) is 2. The molecule has 0 radical (unpaired) electrons. The molecule has 0 aliphatic carbocycles. The van der Waals surface area contributed by atoms with Crippen LogP contribution in [0, 0.1) is 0 Å². The zero-order chi connectivity index (χ0) is 16.9. The minimum atomic E-state index is 0.430. The molecule has 0 spiro atoms. The molecule has 2 aromatic carbocycles. The quantitative estimate of drug-likeness (QED) is 0.625. The lowest BCUT2D eigenvalue weighted by Crippen LogP contribution is -2.19. The Balaban J connectivity index is 1.60. The third-order valence-electron chi connectivity index (χ3n) is 3.26. The molecular formula is C17H14Cl2N4S. The second-order valence-electron chi connectivity index (χ2n) is 5.08. The van der Waals surface area contributed by atoms with E-state index >= 15 is 0 Å². The summed E-state index contributed by atoms with van der Waals surface area (Å²) in [4.78, 5) is 0. The Morgan fingerprint density at radius 3 is 2.50 bits per heavy atom. The molecule has 3 aromatic rings. The van der Waals surface area contributed by atoms with E-state index in [9.17, 15) is 0 Å². The molecule has 4 nitrogen and oxygen atoms in total. The number of nitrogens with one attached hydrogen (secondary N) is 2. The van der Waals surface area contributed by atoms with Gasteiger partial charge < -0.3 is 10.6 Å². The fourth-order valence-electron chi connectivity index (χ4n) is 2.13. The predicted molar refractivity (Wildman–Crippen MR) is 104 cm³/mol. The van der Waals surface area contributed by atoms with Crippen LogP contribution in [0.25, 0.3) is 0 Å². The zero-order valence-electron chi connectivity index (χ0n) is 12.5. The minimum Gasteiger partial charge on any atom is -0.331 e. The molecule has 0 amide bonds. The number of halogens is 2. The first-order valence-corrected chi connectivity index (χ1v) is 8.37. The van der Waals surface area contributed by atoms with E-state index in [2.05, 4.69) is 15.7 Å². The van der Waals surface area contributed by atoms with Crippen LogP contribution in [-0.4, -0.2) is 14.9 Å². The fourth-order valence-corrected chi connectivity index (χ4v) is 2.65. The van der Waals surface area contributed by atoms with Gasteiger partial charge in [-0.25, -0.2) is 0 Å². The van der Waals surface area contributed by atoms with Crippen LogP contribution in [0.1, 0.15) is 5.56 Å². The molecule has 122 valence electrons. The maximum absolute atomic E-state index is 6.10. The second kappa shape index (κ2) is 7.66. The topological polar surface area (TPSA) is 41.9 Å². The Hall–Kier alpha value is -2.08. The Morgan fingerprint density at radius 1 is 1.00 bits per heavy atom. The van der Waals surface area contributed by atoms with Gasteiger partial charge in [0.2, 0.25) is 0 Å². The molecule has 0 aliphatic heterocycles. The van der Waals surface area contributed by atoms with Gasteiger partial charge in [-0.1, -0.05) is 47.5 Å². The first-order chi connectivity index (χ1) is 11.6. The second-order valence-corrected chi connectivity index (χ2v) is 6.34. The first-order valence-electron chi connectivity index (χ1n) is 7.20. The van der Waals surface area contributed by atoms with Gasteiger partial charge in [-0.3, -0.25) is 4.68 Å². The van der Waals surface area contributed by atoms with Gasteiger partial charge in [0.15, 0.2) is 10.9 Å². The summed E-state index contributed by atoms with van der Waals surface area (Å²) in [5, 5.41) is 12.3. The van der Waals surface area contributed by atoms with E-state index in [1.165, 1.54) is 0 Å². The van der Waals surface area contributed by atoms with Crippen LogP contribution in [0.4, 0.5) is 11.5 Å². The molecule has 0 unspecified atom stereocenters. The van der Waals surface area contributed by atoms with Gasteiger partial charge >= 0.3 is 0 Å². The lowest BCUT2D eigenvalue weighted by atomic mass is 10.2. The van der Waals surface area contributed by atoms with Crippen molar-refractivity contribution in [3.63, 3.8) is 0 Å². The Bertz CT molecular complexity index is 846. The standard InChI is InChI=1S/C17H14Cl2N4S/c18-13-7-5-12(6-8-13)11-23-10-9-16(22-23)21-17(24)20-15-4-2-1-3-14(15)19/h1-10H,11H2,(H2,20,21,22,24). The van der Waals surface area contributed by atoms with Crippen LogP contribution in [0.15, 0.2) is 60.8 Å². The molecule has 0 atom stereocenters. The van der Waals surface area contributed by atoms with Crippen LogP contribution in [0.3, 0.4) is 0 Å². The lowest BCUT2D eigenvalue weighted by Gasteiger charge is -2.09. The Morgan fingerprint density at radius 2 is 1.75 bits per heavy atom. The van der Waals surface area contributed by atoms with Gasteiger partial charge in [-0.15, -0.1) is 0 Å². The van der Waals surface area contributed by atoms with E-state index in [1.807, 2.05) is 59.4 Å². The van der Waals surface area contributed by atoms with Crippen molar-refractivity contribution in [3.8, 4) is 0 Å². The molecule has 24 heavy (non-hydrogen) atoms. The number of para-hydroxylation sites is 1. The number of rotatable bonds is 4. The smallest absolute Gasteiger partial charge is 0.176 e. The van der Waals surface area contributed by atoms with Crippen LogP contribution in [-0.2, 0) is 6.54 Å². The summed E-state index contributed by atoms with van der Waals surface area (Å²) in [7, 11) is 0. The van der Waals surface area contributed by atoms with E-state index in [-0.39, 0.29) is 0 Å². The summed E-state index contributed by atoms with van der Waals surface area (Å²) in [5.41, 5.74) is 1.86. The maximum Gasteiger partial charge on any atom is 0.176 e. The molecular weight excluding hydrogens is 363 g/mol. The van der Waals surface area contributed by atoms with Crippen molar-refractivity contribution in [2.24, 2.45) is 0 Å². The monoisotopic (exact) mass is 376 g/mol. The third-order valence-corrected chi connectivity index (χ3v) is 4.05. The van der Waals surface area contributed by atoms with E-state index < -0.39 is 0 Å². The molecule has 0 saturated carbocycles. The van der Waals surface area contributed by atoms with Gasteiger partial charge in [-0.2, -0.15) is 5.10 Å². The van der Waals surface area contributed by atoms with E-state index in [0.29, 0.717) is 22.5 Å². The number of hydrogen-bond acceptors (Lipinski definition) is 2. The van der Waals surface area contributed by atoms with Crippen LogP contribution >= 0.6 is 35.4 Å². The highest BCUT2D eigenvalue weighted by Gasteiger charge is 2.05. The molecule has 1 aromatic heterocycles. The van der Waals surface area contributed by atoms with Crippen LogP contribution in [0.2, 0.25) is 10.0 Å². The summed E-state index contributed by atoms with van der Waals surface area (Å²) in [6.07, 6.45) is 1.88. The molecule has 0 fully saturated rings. The lowest BCUT2D eigenvalue weighted by molar-refractivity contribution is 0.690. The molecule has 7 heteroatoms. The number of anilines is 2. The molecule has 3 rings (SSSR count). The van der Waals surface area contributed by atoms with Gasteiger partial charge in [-0.05, 0) is 42.0 Å². The van der Waals surface area contributed by atoms with Crippen molar-refractivity contribution < 1.29 is 0 Å². The Kier molecular flexibility index (Phi) is 5.35. The molecule has 0 bridgehead atoms. The molecule has 0 aliphatic rings. The maximum atomic E-state index is 6.10. The largest absolute Gasteiger partial charge is 0.331 e. The van der Waals surface area contributed by atoms with E-state index in [4.69, 9.17) is 35.4 Å². The highest BCUT2D eigenvalue weighted by atomic mass is 35.5. The molecule has 1 heterocycles. The highest BCUT2D eigenvalue weighted by Crippen LogP contribution is 2.20. The van der Waals surface area contributed by atoms with Crippen molar-refractivity contribution in [1.29, 1.82) is 0 Å². The van der Waals surface area contributed by atoms with Crippen molar-refractivity contribution in [2.75, 3.05) is 10.6 Å². The van der Waals surface area contributed by atoms with Crippen molar-refractivity contribution >= 4 is 52.0 Å². The van der Waals surface area contributed by atoms with Crippen LogP contribution < -0.4 is 10.6 Å². The van der Waals surface area contributed by atoms with Gasteiger partial charge in [0.1, 0.15) is 0 Å². The Labute approximate surface area is 155 Å². The molecule has 0 saturated heterocycles. The number of aromatic nitrogens is 2. The summed E-state index contributed by atoms with van der Waals surface area (Å²) in [6, 6.07) is 16.9.